The first kappa shape index (κ1) is 18.1. The van der Waals surface area contributed by atoms with Crippen LogP contribution in [-0.4, -0.2) is 42.7 Å². The van der Waals surface area contributed by atoms with E-state index in [2.05, 4.69) is 10.6 Å². The Labute approximate surface area is 120 Å². The first-order chi connectivity index (χ1) is 8.85. The maximum atomic E-state index is 11.4. The van der Waals surface area contributed by atoms with Crippen molar-refractivity contribution in [1.82, 2.24) is 10.6 Å². The Morgan fingerprint density at radius 3 is 2.32 bits per heavy atom. The van der Waals surface area contributed by atoms with Gasteiger partial charge in [0.05, 0.1) is 0 Å². The molecule has 0 aliphatic carbocycles. The molecule has 0 aliphatic heterocycles. The molecule has 19 heavy (non-hydrogen) atoms. The monoisotopic (exact) mass is 290 g/mol. The second-order valence-corrected chi connectivity index (χ2v) is 6.21. The zero-order valence-electron chi connectivity index (χ0n) is 12.4. The van der Waals surface area contributed by atoms with Crippen molar-refractivity contribution < 1.29 is 14.3 Å². The maximum Gasteiger partial charge on any atom is 0.407 e. The number of amides is 2. The number of thioether (sulfide) groups is 1. The number of carbonyl (C=O) groups excluding carboxylic acids is 2. The van der Waals surface area contributed by atoms with Crippen LogP contribution in [0.15, 0.2) is 0 Å². The molecule has 0 rings (SSSR count). The average molecular weight is 290 g/mol. The summed E-state index contributed by atoms with van der Waals surface area (Å²) in [6, 6.07) is 0. The fourth-order valence-corrected chi connectivity index (χ4v) is 1.72. The van der Waals surface area contributed by atoms with Gasteiger partial charge in [-0.1, -0.05) is 0 Å². The summed E-state index contributed by atoms with van der Waals surface area (Å²) in [6.45, 7) is 6.62. The Hall–Kier alpha value is -0.910. The van der Waals surface area contributed by atoms with E-state index < -0.39 is 11.7 Å². The Kier molecular flexibility index (Phi) is 9.47. The average Bonchev–Trinajstić information content (AvgIpc) is 2.28. The van der Waals surface area contributed by atoms with E-state index in [-0.39, 0.29) is 5.91 Å². The van der Waals surface area contributed by atoms with E-state index in [1.807, 2.05) is 27.0 Å². The molecule has 0 heterocycles. The largest absolute Gasteiger partial charge is 0.444 e. The number of ether oxygens (including phenoxy) is 1. The maximum absolute atomic E-state index is 11.4. The molecule has 0 bridgehead atoms. The summed E-state index contributed by atoms with van der Waals surface area (Å²) < 4.78 is 5.08. The van der Waals surface area contributed by atoms with Crippen LogP contribution < -0.4 is 10.6 Å². The van der Waals surface area contributed by atoms with Gasteiger partial charge >= 0.3 is 6.09 Å². The van der Waals surface area contributed by atoms with Crippen molar-refractivity contribution >= 4 is 23.8 Å². The molecule has 0 atom stereocenters. The number of carbonyl (C=O) groups is 2. The number of rotatable bonds is 8. The molecule has 0 aromatic rings. The van der Waals surface area contributed by atoms with Gasteiger partial charge in [-0.3, -0.25) is 4.79 Å². The molecule has 112 valence electrons. The van der Waals surface area contributed by atoms with Crippen molar-refractivity contribution in [3.8, 4) is 0 Å². The lowest BCUT2D eigenvalue weighted by atomic mass is 10.2. The van der Waals surface area contributed by atoms with Gasteiger partial charge in [0.2, 0.25) is 5.91 Å². The van der Waals surface area contributed by atoms with E-state index in [0.29, 0.717) is 19.4 Å². The Balaban J connectivity index is 3.48. The molecule has 0 fully saturated rings. The Bertz CT molecular complexity index is 278. The second-order valence-electron chi connectivity index (χ2n) is 5.23. The molecule has 0 aromatic heterocycles. The van der Waals surface area contributed by atoms with Gasteiger partial charge in [0.1, 0.15) is 5.60 Å². The van der Waals surface area contributed by atoms with Gasteiger partial charge in [-0.15, -0.1) is 0 Å². The van der Waals surface area contributed by atoms with Crippen molar-refractivity contribution in [1.29, 1.82) is 0 Å². The van der Waals surface area contributed by atoms with Crippen LogP contribution in [0.25, 0.3) is 0 Å². The van der Waals surface area contributed by atoms with Crippen molar-refractivity contribution in [2.45, 2.75) is 45.6 Å². The van der Waals surface area contributed by atoms with Crippen LogP contribution in [0.5, 0.6) is 0 Å². The van der Waals surface area contributed by atoms with Gasteiger partial charge in [-0.05, 0) is 45.6 Å². The highest BCUT2D eigenvalue weighted by atomic mass is 32.2. The molecule has 0 unspecified atom stereocenters. The molecule has 5 nitrogen and oxygen atoms in total. The molecule has 0 aliphatic rings. The fraction of sp³-hybridized carbons (Fsp3) is 0.846. The zero-order chi connectivity index (χ0) is 14.7. The second kappa shape index (κ2) is 9.95. The van der Waals surface area contributed by atoms with E-state index in [1.165, 1.54) is 0 Å². The van der Waals surface area contributed by atoms with Gasteiger partial charge in [-0.25, -0.2) is 4.79 Å². The zero-order valence-corrected chi connectivity index (χ0v) is 13.2. The highest BCUT2D eigenvalue weighted by molar-refractivity contribution is 7.98. The van der Waals surface area contributed by atoms with Crippen molar-refractivity contribution in [2.75, 3.05) is 25.1 Å². The number of alkyl carbamates (subject to hydrolysis) is 1. The van der Waals surface area contributed by atoms with Crippen LogP contribution in [0, 0.1) is 0 Å². The van der Waals surface area contributed by atoms with Crippen molar-refractivity contribution in [3.05, 3.63) is 0 Å². The minimum atomic E-state index is -0.487. The Morgan fingerprint density at radius 1 is 1.11 bits per heavy atom. The molecule has 0 saturated carbocycles. The smallest absolute Gasteiger partial charge is 0.407 e. The topological polar surface area (TPSA) is 67.4 Å². The minimum Gasteiger partial charge on any atom is -0.444 e. The molecule has 6 heteroatoms. The summed E-state index contributed by atoms with van der Waals surface area (Å²) in [6.07, 6.45) is 3.64. The molecule has 0 spiro atoms. The van der Waals surface area contributed by atoms with Crippen molar-refractivity contribution in [3.63, 3.8) is 0 Å². The number of hydrogen-bond acceptors (Lipinski definition) is 4. The van der Waals surface area contributed by atoms with E-state index >= 15 is 0 Å². The molecule has 2 amide bonds. The first-order valence-electron chi connectivity index (χ1n) is 6.57. The molecule has 2 N–H and O–H groups in total. The van der Waals surface area contributed by atoms with Crippen molar-refractivity contribution in [2.24, 2.45) is 0 Å². The van der Waals surface area contributed by atoms with Gasteiger partial charge in [0.25, 0.3) is 0 Å². The third-order valence-corrected chi connectivity index (χ3v) is 2.79. The van der Waals surface area contributed by atoms with Gasteiger partial charge < -0.3 is 15.4 Å². The molecule has 0 aromatic carbocycles. The van der Waals surface area contributed by atoms with Crippen LogP contribution in [0.4, 0.5) is 4.79 Å². The lowest BCUT2D eigenvalue weighted by Crippen LogP contribution is -2.33. The van der Waals surface area contributed by atoms with Gasteiger partial charge in [0.15, 0.2) is 0 Å². The third kappa shape index (κ3) is 13.3. The number of nitrogens with one attached hydrogen (secondary N) is 2. The highest BCUT2D eigenvalue weighted by Crippen LogP contribution is 2.06. The van der Waals surface area contributed by atoms with Crippen LogP contribution in [-0.2, 0) is 9.53 Å². The van der Waals surface area contributed by atoms with E-state index in [9.17, 15) is 9.59 Å². The summed E-state index contributed by atoms with van der Waals surface area (Å²) in [5, 5.41) is 5.47. The molecule has 0 saturated heterocycles. The molecular formula is C13H26N2O3S. The van der Waals surface area contributed by atoms with Crippen LogP contribution >= 0.6 is 11.8 Å². The fourth-order valence-electron chi connectivity index (χ4n) is 1.29. The van der Waals surface area contributed by atoms with E-state index in [0.717, 1.165) is 18.7 Å². The summed E-state index contributed by atoms with van der Waals surface area (Å²) >= 11 is 1.77. The summed E-state index contributed by atoms with van der Waals surface area (Å²) in [4.78, 5) is 22.7. The quantitative estimate of drug-likeness (QED) is 0.672. The highest BCUT2D eigenvalue weighted by Gasteiger charge is 2.15. The SMILES string of the molecule is CSCCCNC(=O)CCCNC(=O)OC(C)(C)C. The molecule has 0 radical (unpaired) electrons. The number of hydrogen-bond donors (Lipinski definition) is 2. The Morgan fingerprint density at radius 2 is 1.74 bits per heavy atom. The lowest BCUT2D eigenvalue weighted by molar-refractivity contribution is -0.121. The standard InChI is InChI=1S/C13H26N2O3S/c1-13(2,3)18-12(17)15-8-5-7-11(16)14-9-6-10-19-4/h5-10H2,1-4H3,(H,14,16)(H,15,17). The van der Waals surface area contributed by atoms with E-state index in [4.69, 9.17) is 4.74 Å². The van der Waals surface area contributed by atoms with Crippen LogP contribution in [0.3, 0.4) is 0 Å². The van der Waals surface area contributed by atoms with Crippen LogP contribution in [0.1, 0.15) is 40.0 Å². The lowest BCUT2D eigenvalue weighted by Gasteiger charge is -2.19. The van der Waals surface area contributed by atoms with Crippen LogP contribution in [0.2, 0.25) is 0 Å². The summed E-state index contributed by atoms with van der Waals surface area (Å²) in [7, 11) is 0. The summed E-state index contributed by atoms with van der Waals surface area (Å²) in [5.41, 5.74) is -0.487. The van der Waals surface area contributed by atoms with Gasteiger partial charge in [-0.2, -0.15) is 11.8 Å². The third-order valence-electron chi connectivity index (χ3n) is 2.10. The predicted octanol–water partition coefficient (Wildman–Crippen LogP) is 2.16. The van der Waals surface area contributed by atoms with Gasteiger partial charge in [0, 0.05) is 19.5 Å². The predicted molar refractivity (Wildman–Crippen MR) is 79.5 cm³/mol. The van der Waals surface area contributed by atoms with E-state index in [1.54, 1.807) is 11.8 Å². The minimum absolute atomic E-state index is 0.0343. The first-order valence-corrected chi connectivity index (χ1v) is 7.97. The molecular weight excluding hydrogens is 264 g/mol. The normalized spacial score (nSPS) is 10.9. The summed E-state index contributed by atoms with van der Waals surface area (Å²) in [5.74, 6) is 1.09.